The second-order valence-corrected chi connectivity index (χ2v) is 6.91. The van der Waals surface area contributed by atoms with E-state index in [1.807, 2.05) is 48.5 Å². The van der Waals surface area contributed by atoms with Crippen LogP contribution in [0.15, 0.2) is 60.3 Å². The summed E-state index contributed by atoms with van der Waals surface area (Å²) in [4.78, 5) is 24.5. The van der Waals surface area contributed by atoms with Crippen molar-refractivity contribution < 1.29 is 23.8 Å². The van der Waals surface area contributed by atoms with Gasteiger partial charge in [0.05, 0.1) is 12.3 Å². The minimum atomic E-state index is -0.657. The van der Waals surface area contributed by atoms with Crippen LogP contribution in [0.1, 0.15) is 19.4 Å². The first-order valence-corrected chi connectivity index (χ1v) is 10.0. The molecule has 3 aromatic rings. The second kappa shape index (κ2) is 8.87. The lowest BCUT2D eigenvalue weighted by atomic mass is 10.0. The first kappa shape index (κ1) is 20.4. The number of aromatic nitrogens is 2. The van der Waals surface area contributed by atoms with Gasteiger partial charge in [0.2, 0.25) is 0 Å². The standard InChI is InChI=1S/C24H22N2O5/c1-3-29-24(28)20(16(2)27)13-18-15-26(19-7-5-4-6-8-19)25-23(18)17-9-10-21-22(14-17)31-12-11-30-21/h4-10,13-15H,3,11-12H2,1-2H3. The second-order valence-electron chi connectivity index (χ2n) is 6.91. The maximum atomic E-state index is 12.3. The van der Waals surface area contributed by atoms with Crippen molar-refractivity contribution in [2.24, 2.45) is 0 Å². The van der Waals surface area contributed by atoms with Gasteiger partial charge in [-0.25, -0.2) is 9.48 Å². The number of hydrogen-bond donors (Lipinski definition) is 0. The van der Waals surface area contributed by atoms with Crippen molar-refractivity contribution >= 4 is 17.8 Å². The highest BCUT2D eigenvalue weighted by molar-refractivity contribution is 6.20. The molecule has 1 aliphatic rings. The molecule has 2 aromatic carbocycles. The van der Waals surface area contributed by atoms with Crippen LogP contribution in [0.4, 0.5) is 0 Å². The molecule has 0 N–H and O–H groups in total. The summed E-state index contributed by atoms with van der Waals surface area (Å²) in [5, 5.41) is 4.73. The maximum absolute atomic E-state index is 12.3. The average molecular weight is 418 g/mol. The number of carbonyl (C=O) groups is 2. The van der Waals surface area contributed by atoms with E-state index in [1.165, 1.54) is 13.0 Å². The highest BCUT2D eigenvalue weighted by atomic mass is 16.6. The van der Waals surface area contributed by atoms with E-state index in [1.54, 1.807) is 17.8 Å². The Morgan fingerprint density at radius 3 is 2.55 bits per heavy atom. The Hall–Kier alpha value is -3.87. The fourth-order valence-electron chi connectivity index (χ4n) is 3.29. The van der Waals surface area contributed by atoms with E-state index in [0.29, 0.717) is 36.0 Å². The predicted octanol–water partition coefficient (Wildman–Crippen LogP) is 3.85. The van der Waals surface area contributed by atoms with E-state index in [0.717, 1.165) is 11.3 Å². The summed E-state index contributed by atoms with van der Waals surface area (Å²) in [5.74, 6) is 0.269. The van der Waals surface area contributed by atoms with Gasteiger partial charge in [-0.2, -0.15) is 5.10 Å². The molecule has 0 amide bonds. The SMILES string of the molecule is CCOC(=O)C(=Cc1cn(-c2ccccc2)nc1-c1ccc2c(c1)OCCO2)C(C)=O. The molecule has 0 spiro atoms. The largest absolute Gasteiger partial charge is 0.486 e. The fraction of sp³-hybridized carbons (Fsp3) is 0.208. The van der Waals surface area contributed by atoms with Crippen LogP contribution in [0.5, 0.6) is 11.5 Å². The average Bonchev–Trinajstić information content (AvgIpc) is 3.21. The number of ketones is 1. The Morgan fingerprint density at radius 2 is 1.84 bits per heavy atom. The fourth-order valence-corrected chi connectivity index (χ4v) is 3.29. The van der Waals surface area contributed by atoms with Crippen molar-refractivity contribution in [2.45, 2.75) is 13.8 Å². The number of ether oxygens (including phenoxy) is 3. The van der Waals surface area contributed by atoms with Gasteiger partial charge in [-0.3, -0.25) is 4.79 Å². The Morgan fingerprint density at radius 1 is 1.10 bits per heavy atom. The third-order valence-electron chi connectivity index (χ3n) is 4.75. The van der Waals surface area contributed by atoms with Gasteiger partial charge >= 0.3 is 5.97 Å². The smallest absolute Gasteiger partial charge is 0.341 e. The first-order chi connectivity index (χ1) is 15.1. The Kier molecular flexibility index (Phi) is 5.84. The van der Waals surface area contributed by atoms with Crippen molar-refractivity contribution in [3.8, 4) is 28.4 Å². The van der Waals surface area contributed by atoms with Gasteiger partial charge in [-0.1, -0.05) is 18.2 Å². The number of hydrogen-bond acceptors (Lipinski definition) is 6. The van der Waals surface area contributed by atoms with Gasteiger partial charge in [0.1, 0.15) is 24.5 Å². The van der Waals surface area contributed by atoms with E-state index in [2.05, 4.69) is 0 Å². The number of carbonyl (C=O) groups excluding carboxylic acids is 2. The van der Waals surface area contributed by atoms with E-state index >= 15 is 0 Å². The van der Waals surface area contributed by atoms with Crippen molar-refractivity contribution in [3.63, 3.8) is 0 Å². The zero-order chi connectivity index (χ0) is 21.8. The zero-order valence-electron chi connectivity index (χ0n) is 17.3. The van der Waals surface area contributed by atoms with Gasteiger partial charge in [0.15, 0.2) is 17.3 Å². The topological polar surface area (TPSA) is 79.7 Å². The number of nitrogens with zero attached hydrogens (tertiary/aromatic N) is 2. The van der Waals surface area contributed by atoms with Gasteiger partial charge in [-0.15, -0.1) is 0 Å². The molecular weight excluding hydrogens is 396 g/mol. The molecule has 2 heterocycles. The van der Waals surface area contributed by atoms with Crippen LogP contribution in [0.25, 0.3) is 23.0 Å². The van der Waals surface area contributed by atoms with Gasteiger partial charge in [-0.05, 0) is 50.3 Å². The molecule has 31 heavy (non-hydrogen) atoms. The number of esters is 1. The zero-order valence-corrected chi connectivity index (χ0v) is 17.3. The van der Waals surface area contributed by atoms with E-state index in [9.17, 15) is 9.59 Å². The van der Waals surface area contributed by atoms with Crippen LogP contribution < -0.4 is 9.47 Å². The predicted molar refractivity (Wildman–Crippen MR) is 115 cm³/mol. The summed E-state index contributed by atoms with van der Waals surface area (Å²) in [6.07, 6.45) is 3.31. The Balaban J connectivity index is 1.85. The van der Waals surface area contributed by atoms with E-state index in [4.69, 9.17) is 19.3 Å². The Labute approximate surface area is 179 Å². The molecule has 4 rings (SSSR count). The number of benzene rings is 2. The summed E-state index contributed by atoms with van der Waals surface area (Å²) in [6.45, 7) is 4.20. The van der Waals surface area contributed by atoms with Crippen molar-refractivity contribution in [3.05, 3.63) is 65.9 Å². The molecule has 0 bridgehead atoms. The third-order valence-corrected chi connectivity index (χ3v) is 4.75. The van der Waals surface area contributed by atoms with Crippen LogP contribution in [-0.4, -0.2) is 41.4 Å². The lowest BCUT2D eigenvalue weighted by Gasteiger charge is -2.18. The monoisotopic (exact) mass is 418 g/mol. The van der Waals surface area contributed by atoms with Gasteiger partial charge < -0.3 is 14.2 Å². The molecule has 1 aliphatic heterocycles. The van der Waals surface area contributed by atoms with Crippen molar-refractivity contribution in [1.29, 1.82) is 0 Å². The molecule has 158 valence electrons. The number of fused-ring (bicyclic) bond motifs is 1. The van der Waals surface area contributed by atoms with E-state index < -0.39 is 5.97 Å². The summed E-state index contributed by atoms with van der Waals surface area (Å²) in [7, 11) is 0. The third kappa shape index (κ3) is 4.35. The molecular formula is C24H22N2O5. The normalized spacial score (nSPS) is 13.0. The minimum absolute atomic E-state index is 0.0340. The molecule has 7 heteroatoms. The van der Waals surface area contributed by atoms with Crippen LogP contribution in [-0.2, 0) is 14.3 Å². The van der Waals surface area contributed by atoms with Crippen molar-refractivity contribution in [1.82, 2.24) is 9.78 Å². The number of rotatable bonds is 6. The van der Waals surface area contributed by atoms with Crippen LogP contribution in [0.2, 0.25) is 0 Å². The maximum Gasteiger partial charge on any atom is 0.341 e. The molecule has 7 nitrogen and oxygen atoms in total. The molecule has 0 atom stereocenters. The van der Waals surface area contributed by atoms with Crippen LogP contribution in [0, 0.1) is 0 Å². The molecule has 0 saturated heterocycles. The van der Waals surface area contributed by atoms with Crippen LogP contribution in [0.3, 0.4) is 0 Å². The Bertz CT molecular complexity index is 1150. The lowest BCUT2D eigenvalue weighted by Crippen LogP contribution is -2.15. The molecule has 1 aromatic heterocycles. The van der Waals surface area contributed by atoms with Crippen LogP contribution >= 0.6 is 0 Å². The highest BCUT2D eigenvalue weighted by Gasteiger charge is 2.20. The molecule has 0 fully saturated rings. The van der Waals surface area contributed by atoms with Crippen molar-refractivity contribution in [2.75, 3.05) is 19.8 Å². The summed E-state index contributed by atoms with van der Waals surface area (Å²) in [5.41, 5.74) is 2.80. The number of Topliss-reactive ketones (excluding diaryl/α,β-unsaturated/α-hetero) is 1. The molecule has 0 radical (unpaired) electrons. The quantitative estimate of drug-likeness (QED) is 0.262. The summed E-state index contributed by atoms with van der Waals surface area (Å²) < 4.78 is 18.1. The molecule has 0 unspecified atom stereocenters. The molecule has 0 saturated carbocycles. The van der Waals surface area contributed by atoms with Gasteiger partial charge in [0, 0.05) is 17.3 Å². The number of para-hydroxylation sites is 1. The molecule has 0 aliphatic carbocycles. The van der Waals surface area contributed by atoms with Gasteiger partial charge in [0.25, 0.3) is 0 Å². The van der Waals surface area contributed by atoms with E-state index in [-0.39, 0.29) is 18.0 Å². The minimum Gasteiger partial charge on any atom is -0.486 e. The summed E-state index contributed by atoms with van der Waals surface area (Å²) >= 11 is 0. The lowest BCUT2D eigenvalue weighted by molar-refractivity contribution is -0.139. The highest BCUT2D eigenvalue weighted by Crippen LogP contribution is 2.36. The first-order valence-electron chi connectivity index (χ1n) is 10.0. The summed E-state index contributed by atoms with van der Waals surface area (Å²) in [6, 6.07) is 15.1.